The Morgan fingerprint density at radius 3 is 2.00 bits per heavy atom. The molecule has 2 rings (SSSR count). The number of aromatic carboxylic acids is 1. The molecule has 2 aromatic carbocycles. The summed E-state index contributed by atoms with van der Waals surface area (Å²) >= 11 is 17.7. The summed E-state index contributed by atoms with van der Waals surface area (Å²) in [5.74, 6) is -1.06. The van der Waals surface area contributed by atoms with Crippen molar-refractivity contribution in [1.29, 1.82) is 0 Å². The van der Waals surface area contributed by atoms with Crippen LogP contribution in [0, 0.1) is 0 Å². The maximum Gasteiger partial charge on any atom is 0.336 e. The van der Waals surface area contributed by atoms with Crippen LogP contribution in [0.4, 0.5) is 0 Å². The minimum Gasteiger partial charge on any atom is -0.478 e. The summed E-state index contributed by atoms with van der Waals surface area (Å²) in [4.78, 5) is 11.2. The van der Waals surface area contributed by atoms with Crippen LogP contribution in [0.5, 0.6) is 0 Å². The number of hydrogen-bond acceptors (Lipinski definition) is 1. The molecule has 0 saturated carbocycles. The van der Waals surface area contributed by atoms with E-state index in [9.17, 15) is 4.79 Å². The number of carbonyl (C=O) groups is 1. The third kappa shape index (κ3) is 2.61. The second-order valence-electron chi connectivity index (χ2n) is 3.62. The van der Waals surface area contributed by atoms with Crippen LogP contribution < -0.4 is 0 Å². The van der Waals surface area contributed by atoms with Crippen molar-refractivity contribution in [2.75, 3.05) is 0 Å². The molecule has 1 N–H and O–H groups in total. The molecule has 2 nitrogen and oxygen atoms in total. The fourth-order valence-electron chi connectivity index (χ4n) is 1.64. The van der Waals surface area contributed by atoms with Gasteiger partial charge in [0, 0.05) is 20.6 Å². The van der Waals surface area contributed by atoms with E-state index in [2.05, 4.69) is 0 Å². The first-order valence-electron chi connectivity index (χ1n) is 4.97. The average Bonchev–Trinajstić information content (AvgIpc) is 2.29. The summed E-state index contributed by atoms with van der Waals surface area (Å²) in [6.07, 6.45) is 0. The summed E-state index contributed by atoms with van der Waals surface area (Å²) in [7, 11) is 0. The SMILES string of the molecule is O=C(O)c1cc(Cl)ccc1-c1ccc(Cl)cc1Cl. The maximum absolute atomic E-state index is 11.2. The van der Waals surface area contributed by atoms with E-state index >= 15 is 0 Å². The van der Waals surface area contributed by atoms with Crippen molar-refractivity contribution in [3.8, 4) is 11.1 Å². The first kappa shape index (κ1) is 13.2. The maximum atomic E-state index is 11.2. The molecule has 0 saturated heterocycles. The molecule has 92 valence electrons. The summed E-state index contributed by atoms with van der Waals surface area (Å²) < 4.78 is 0. The van der Waals surface area contributed by atoms with Gasteiger partial charge in [-0.05, 0) is 29.8 Å². The zero-order valence-electron chi connectivity index (χ0n) is 8.95. The van der Waals surface area contributed by atoms with Gasteiger partial charge in [-0.2, -0.15) is 0 Å². The van der Waals surface area contributed by atoms with Crippen LogP contribution in [-0.4, -0.2) is 11.1 Å². The van der Waals surface area contributed by atoms with Gasteiger partial charge in [0.2, 0.25) is 0 Å². The highest BCUT2D eigenvalue weighted by atomic mass is 35.5. The lowest BCUT2D eigenvalue weighted by atomic mass is 10.00. The van der Waals surface area contributed by atoms with Crippen molar-refractivity contribution in [3.05, 3.63) is 57.0 Å². The van der Waals surface area contributed by atoms with E-state index in [0.717, 1.165) is 0 Å². The van der Waals surface area contributed by atoms with Gasteiger partial charge in [-0.25, -0.2) is 4.79 Å². The predicted molar refractivity (Wildman–Crippen MR) is 73.9 cm³/mol. The Morgan fingerprint density at radius 1 is 0.889 bits per heavy atom. The molecule has 0 amide bonds. The Balaban J connectivity index is 2.67. The number of carboxylic acids is 1. The van der Waals surface area contributed by atoms with Gasteiger partial charge in [0.15, 0.2) is 0 Å². The third-order valence-electron chi connectivity index (χ3n) is 2.43. The number of halogens is 3. The van der Waals surface area contributed by atoms with Gasteiger partial charge in [0.25, 0.3) is 0 Å². The minimum atomic E-state index is -1.06. The topological polar surface area (TPSA) is 37.3 Å². The van der Waals surface area contributed by atoms with E-state index in [0.29, 0.717) is 26.2 Å². The Hall–Kier alpha value is -1.22. The Bertz CT molecular complexity index is 624. The second kappa shape index (κ2) is 5.19. The van der Waals surface area contributed by atoms with E-state index in [4.69, 9.17) is 39.9 Å². The molecule has 0 unspecified atom stereocenters. The Labute approximate surface area is 119 Å². The zero-order chi connectivity index (χ0) is 13.3. The summed E-state index contributed by atoms with van der Waals surface area (Å²) in [6.45, 7) is 0. The van der Waals surface area contributed by atoms with Crippen molar-refractivity contribution in [2.24, 2.45) is 0 Å². The van der Waals surface area contributed by atoms with E-state index in [1.54, 1.807) is 30.3 Å². The molecule has 0 heterocycles. The summed E-state index contributed by atoms with van der Waals surface area (Å²) in [6, 6.07) is 9.54. The fourth-order valence-corrected chi connectivity index (χ4v) is 2.32. The van der Waals surface area contributed by atoms with Crippen LogP contribution >= 0.6 is 34.8 Å². The van der Waals surface area contributed by atoms with Crippen LogP contribution in [0.2, 0.25) is 15.1 Å². The molecular weight excluding hydrogens is 294 g/mol. The standard InChI is InChI=1S/C13H7Cl3O2/c14-7-1-3-9(11(5-7)13(17)18)10-4-2-8(15)6-12(10)16/h1-6H,(H,17,18). The number of benzene rings is 2. The molecule has 5 heteroatoms. The highest BCUT2D eigenvalue weighted by molar-refractivity contribution is 6.36. The number of hydrogen-bond donors (Lipinski definition) is 1. The molecule has 18 heavy (non-hydrogen) atoms. The first-order valence-corrected chi connectivity index (χ1v) is 6.10. The normalized spacial score (nSPS) is 10.4. The van der Waals surface area contributed by atoms with Gasteiger partial charge in [0.05, 0.1) is 5.56 Å². The van der Waals surface area contributed by atoms with Crippen molar-refractivity contribution in [2.45, 2.75) is 0 Å². The average molecular weight is 302 g/mol. The molecule has 0 aliphatic heterocycles. The smallest absolute Gasteiger partial charge is 0.336 e. The van der Waals surface area contributed by atoms with E-state index in [1.165, 1.54) is 6.07 Å². The fraction of sp³-hybridized carbons (Fsp3) is 0. The van der Waals surface area contributed by atoms with Crippen LogP contribution in [0.25, 0.3) is 11.1 Å². The highest BCUT2D eigenvalue weighted by Gasteiger charge is 2.14. The highest BCUT2D eigenvalue weighted by Crippen LogP contribution is 2.33. The van der Waals surface area contributed by atoms with E-state index in [1.807, 2.05) is 0 Å². The van der Waals surface area contributed by atoms with Gasteiger partial charge in [-0.15, -0.1) is 0 Å². The monoisotopic (exact) mass is 300 g/mol. The van der Waals surface area contributed by atoms with Crippen molar-refractivity contribution < 1.29 is 9.90 Å². The van der Waals surface area contributed by atoms with Gasteiger partial charge in [-0.3, -0.25) is 0 Å². The van der Waals surface area contributed by atoms with Crippen molar-refractivity contribution in [1.82, 2.24) is 0 Å². The predicted octanol–water partition coefficient (Wildman–Crippen LogP) is 5.01. The number of carboxylic acid groups (broad SMARTS) is 1. The molecule has 0 radical (unpaired) electrons. The summed E-state index contributed by atoms with van der Waals surface area (Å²) in [5.41, 5.74) is 1.22. The Morgan fingerprint density at radius 2 is 1.44 bits per heavy atom. The van der Waals surface area contributed by atoms with Crippen LogP contribution in [-0.2, 0) is 0 Å². The lowest BCUT2D eigenvalue weighted by Crippen LogP contribution is -1.99. The molecular formula is C13H7Cl3O2. The Kier molecular flexibility index (Phi) is 3.81. The van der Waals surface area contributed by atoms with Gasteiger partial charge in [0.1, 0.15) is 0 Å². The van der Waals surface area contributed by atoms with Gasteiger partial charge in [-0.1, -0.05) is 46.9 Å². The van der Waals surface area contributed by atoms with Crippen molar-refractivity contribution >= 4 is 40.8 Å². The van der Waals surface area contributed by atoms with Gasteiger partial charge >= 0.3 is 5.97 Å². The van der Waals surface area contributed by atoms with Crippen LogP contribution in [0.15, 0.2) is 36.4 Å². The largest absolute Gasteiger partial charge is 0.478 e. The molecule has 0 fully saturated rings. The quantitative estimate of drug-likeness (QED) is 0.846. The molecule has 2 aromatic rings. The molecule has 0 spiro atoms. The van der Waals surface area contributed by atoms with Crippen LogP contribution in [0.3, 0.4) is 0 Å². The zero-order valence-corrected chi connectivity index (χ0v) is 11.2. The summed E-state index contributed by atoms with van der Waals surface area (Å²) in [5, 5.41) is 10.4. The van der Waals surface area contributed by atoms with Crippen LogP contribution in [0.1, 0.15) is 10.4 Å². The van der Waals surface area contributed by atoms with Crippen molar-refractivity contribution in [3.63, 3.8) is 0 Å². The number of rotatable bonds is 2. The molecule has 0 atom stereocenters. The minimum absolute atomic E-state index is 0.103. The molecule has 0 aliphatic rings. The van der Waals surface area contributed by atoms with E-state index < -0.39 is 5.97 Å². The van der Waals surface area contributed by atoms with Gasteiger partial charge < -0.3 is 5.11 Å². The molecule has 0 aromatic heterocycles. The molecule has 0 aliphatic carbocycles. The van der Waals surface area contributed by atoms with E-state index in [-0.39, 0.29) is 5.56 Å². The second-order valence-corrected chi connectivity index (χ2v) is 4.90. The lowest BCUT2D eigenvalue weighted by molar-refractivity contribution is 0.0697. The third-order valence-corrected chi connectivity index (χ3v) is 3.22. The lowest BCUT2D eigenvalue weighted by Gasteiger charge is -2.09. The first-order chi connectivity index (χ1) is 8.49. The molecule has 0 bridgehead atoms.